The highest BCUT2D eigenvalue weighted by molar-refractivity contribution is 6.57. The maximum Gasteiger partial charge on any atom is 0.276 e. The molecule has 2 rings (SSSR count). The molecule has 1 atom stereocenters. The normalized spacial score (nSPS) is 13.2. The fourth-order valence-corrected chi connectivity index (χ4v) is 1.98. The van der Waals surface area contributed by atoms with E-state index in [4.69, 9.17) is 27.7 Å². The Morgan fingerprint density at radius 2 is 2.23 bits per heavy atom. The summed E-state index contributed by atoms with van der Waals surface area (Å²) in [5.41, 5.74) is 1.60. The van der Waals surface area contributed by atoms with Crippen molar-refractivity contribution >= 4 is 29.1 Å². The van der Waals surface area contributed by atoms with Crippen LogP contribution in [0.4, 0.5) is 0 Å². The summed E-state index contributed by atoms with van der Waals surface area (Å²) >= 11 is 11.4. The van der Waals surface area contributed by atoms with Crippen LogP contribution in [-0.2, 0) is 11.8 Å². The number of aromatic nitrogens is 4. The van der Waals surface area contributed by atoms with Gasteiger partial charge in [0.1, 0.15) is 5.69 Å². The lowest BCUT2D eigenvalue weighted by Gasteiger charge is -2.14. The second kappa shape index (κ2) is 6.26. The molecule has 9 heteroatoms. The summed E-state index contributed by atoms with van der Waals surface area (Å²) < 4.78 is 5.46. The monoisotopic (exact) mass is 345 g/mol. The SMILES string of the molecule is Cc1cc(-c2nc(C(C)CNC(=O)C(C)(Cl)Cl)no2)n(C)n1. The van der Waals surface area contributed by atoms with Gasteiger partial charge < -0.3 is 9.84 Å². The first-order chi connectivity index (χ1) is 10.2. The van der Waals surface area contributed by atoms with Crippen molar-refractivity contribution in [3.63, 3.8) is 0 Å². The lowest BCUT2D eigenvalue weighted by atomic mass is 10.1. The van der Waals surface area contributed by atoms with Gasteiger partial charge in [-0.3, -0.25) is 9.48 Å². The standard InChI is InChI=1S/C13H17Cl2N5O2/c1-7(6-16-12(21)13(3,14)15)10-17-11(22-19-10)9-5-8(2)18-20(9)4/h5,7H,6H2,1-4H3,(H,16,21). The molecule has 0 saturated heterocycles. The zero-order valence-corrected chi connectivity index (χ0v) is 14.2. The third-order valence-corrected chi connectivity index (χ3v) is 3.41. The number of hydrogen-bond acceptors (Lipinski definition) is 5. The van der Waals surface area contributed by atoms with Gasteiger partial charge in [-0.05, 0) is 19.9 Å². The lowest BCUT2D eigenvalue weighted by molar-refractivity contribution is -0.121. The van der Waals surface area contributed by atoms with E-state index >= 15 is 0 Å². The van der Waals surface area contributed by atoms with Crippen molar-refractivity contribution in [1.29, 1.82) is 0 Å². The molecule has 120 valence electrons. The van der Waals surface area contributed by atoms with E-state index in [0.717, 1.165) is 11.4 Å². The van der Waals surface area contributed by atoms with Crippen molar-refractivity contribution in [3.05, 3.63) is 17.6 Å². The molecule has 7 nitrogen and oxygen atoms in total. The largest absolute Gasteiger partial charge is 0.353 e. The van der Waals surface area contributed by atoms with E-state index in [0.29, 0.717) is 18.3 Å². The molecule has 2 heterocycles. The summed E-state index contributed by atoms with van der Waals surface area (Å²) in [6, 6.07) is 1.86. The molecular formula is C13H17Cl2N5O2. The molecule has 1 N–H and O–H groups in total. The number of nitrogens with one attached hydrogen (secondary N) is 1. The summed E-state index contributed by atoms with van der Waals surface area (Å²) in [6.07, 6.45) is 0. The Labute approximate surface area is 138 Å². The Bertz CT molecular complexity index is 674. The summed E-state index contributed by atoms with van der Waals surface area (Å²) in [5, 5.41) is 10.8. The zero-order valence-electron chi connectivity index (χ0n) is 12.7. The Kier molecular flexibility index (Phi) is 4.77. The highest BCUT2D eigenvalue weighted by Gasteiger charge is 2.28. The van der Waals surface area contributed by atoms with Gasteiger partial charge in [-0.1, -0.05) is 35.3 Å². The topological polar surface area (TPSA) is 85.8 Å². The van der Waals surface area contributed by atoms with Crippen LogP contribution in [0.5, 0.6) is 0 Å². The Hall–Kier alpha value is -1.60. The van der Waals surface area contributed by atoms with Crippen molar-refractivity contribution in [2.75, 3.05) is 6.54 Å². The molecule has 22 heavy (non-hydrogen) atoms. The molecule has 0 bridgehead atoms. The number of hydrogen-bond donors (Lipinski definition) is 1. The van der Waals surface area contributed by atoms with Crippen LogP contribution in [-0.4, -0.2) is 36.7 Å². The number of alkyl halides is 2. The second-order valence-electron chi connectivity index (χ2n) is 5.25. The molecule has 0 saturated carbocycles. The average Bonchev–Trinajstić information content (AvgIpc) is 3.00. The molecule has 0 aliphatic heterocycles. The van der Waals surface area contributed by atoms with Crippen LogP contribution in [0.3, 0.4) is 0 Å². The predicted molar refractivity (Wildman–Crippen MR) is 82.8 cm³/mol. The number of aryl methyl sites for hydroxylation is 2. The van der Waals surface area contributed by atoms with E-state index < -0.39 is 10.2 Å². The highest BCUT2D eigenvalue weighted by Crippen LogP contribution is 2.22. The van der Waals surface area contributed by atoms with Crippen LogP contribution in [0.15, 0.2) is 10.6 Å². The van der Waals surface area contributed by atoms with E-state index in [1.54, 1.807) is 11.7 Å². The minimum Gasteiger partial charge on any atom is -0.353 e. The summed E-state index contributed by atoms with van der Waals surface area (Å²) in [7, 11) is 1.80. The van der Waals surface area contributed by atoms with E-state index in [9.17, 15) is 4.79 Å². The van der Waals surface area contributed by atoms with Crippen LogP contribution >= 0.6 is 23.2 Å². The van der Waals surface area contributed by atoms with Gasteiger partial charge in [0.25, 0.3) is 11.8 Å². The summed E-state index contributed by atoms with van der Waals surface area (Å²) in [4.78, 5) is 16.0. The molecule has 2 aromatic heterocycles. The fourth-order valence-electron chi connectivity index (χ4n) is 1.84. The van der Waals surface area contributed by atoms with Crippen LogP contribution < -0.4 is 5.32 Å². The number of nitrogens with zero attached hydrogens (tertiary/aromatic N) is 4. The van der Waals surface area contributed by atoms with Gasteiger partial charge >= 0.3 is 0 Å². The Morgan fingerprint density at radius 3 is 2.77 bits per heavy atom. The number of rotatable bonds is 5. The molecule has 0 aliphatic carbocycles. The quantitative estimate of drug-likeness (QED) is 0.839. The van der Waals surface area contributed by atoms with E-state index in [1.807, 2.05) is 19.9 Å². The lowest BCUT2D eigenvalue weighted by Crippen LogP contribution is -2.38. The van der Waals surface area contributed by atoms with E-state index in [1.165, 1.54) is 6.92 Å². The van der Waals surface area contributed by atoms with Crippen molar-refractivity contribution in [2.45, 2.75) is 31.0 Å². The van der Waals surface area contributed by atoms with Crippen molar-refractivity contribution in [3.8, 4) is 11.6 Å². The number of carbonyl (C=O) groups excluding carboxylic acids is 1. The van der Waals surface area contributed by atoms with Gasteiger partial charge in [-0.25, -0.2) is 0 Å². The molecule has 0 aliphatic rings. The summed E-state index contributed by atoms with van der Waals surface area (Å²) in [6.45, 7) is 5.46. The van der Waals surface area contributed by atoms with Gasteiger partial charge in [0.2, 0.25) is 0 Å². The average molecular weight is 346 g/mol. The van der Waals surface area contributed by atoms with Crippen molar-refractivity contribution in [1.82, 2.24) is 25.2 Å². The Morgan fingerprint density at radius 1 is 1.55 bits per heavy atom. The minimum absolute atomic E-state index is 0.147. The first-order valence-corrected chi connectivity index (χ1v) is 7.45. The number of carbonyl (C=O) groups is 1. The molecule has 1 unspecified atom stereocenters. The van der Waals surface area contributed by atoms with Gasteiger partial charge in [0.05, 0.1) is 5.69 Å². The predicted octanol–water partition coefficient (Wildman–Crippen LogP) is 2.19. The van der Waals surface area contributed by atoms with Crippen LogP contribution in [0, 0.1) is 6.92 Å². The first kappa shape index (κ1) is 16.8. The van der Waals surface area contributed by atoms with Crippen LogP contribution in [0.25, 0.3) is 11.6 Å². The zero-order chi connectivity index (χ0) is 16.5. The van der Waals surface area contributed by atoms with Gasteiger partial charge in [0, 0.05) is 19.5 Å². The van der Waals surface area contributed by atoms with Crippen molar-refractivity contribution < 1.29 is 9.32 Å². The maximum absolute atomic E-state index is 11.6. The first-order valence-electron chi connectivity index (χ1n) is 6.69. The molecular weight excluding hydrogens is 329 g/mol. The highest BCUT2D eigenvalue weighted by atomic mass is 35.5. The van der Waals surface area contributed by atoms with Gasteiger partial charge in [-0.2, -0.15) is 10.1 Å². The third-order valence-electron chi connectivity index (χ3n) is 3.07. The van der Waals surface area contributed by atoms with Gasteiger partial charge in [-0.15, -0.1) is 0 Å². The summed E-state index contributed by atoms with van der Waals surface area (Å²) in [5.74, 6) is 0.260. The van der Waals surface area contributed by atoms with Crippen LogP contribution in [0.2, 0.25) is 0 Å². The molecule has 0 aromatic carbocycles. The maximum atomic E-state index is 11.6. The van der Waals surface area contributed by atoms with Crippen LogP contribution in [0.1, 0.15) is 31.3 Å². The molecule has 1 amide bonds. The third kappa shape index (κ3) is 3.78. The van der Waals surface area contributed by atoms with E-state index in [-0.39, 0.29) is 5.92 Å². The second-order valence-corrected chi connectivity index (χ2v) is 6.96. The number of halogens is 2. The Balaban J connectivity index is 2.05. The molecule has 2 aromatic rings. The number of amides is 1. The molecule has 0 radical (unpaired) electrons. The fraction of sp³-hybridized carbons (Fsp3) is 0.538. The molecule has 0 fully saturated rings. The minimum atomic E-state index is -1.46. The molecule has 0 spiro atoms. The van der Waals surface area contributed by atoms with Crippen molar-refractivity contribution in [2.24, 2.45) is 7.05 Å². The smallest absolute Gasteiger partial charge is 0.276 e. The van der Waals surface area contributed by atoms with E-state index in [2.05, 4.69) is 20.6 Å². The van der Waals surface area contributed by atoms with Gasteiger partial charge in [0.15, 0.2) is 10.2 Å².